The summed E-state index contributed by atoms with van der Waals surface area (Å²) in [6.45, 7) is 2.00. The monoisotopic (exact) mass is 339 g/mol. The molecule has 0 aromatic heterocycles. The van der Waals surface area contributed by atoms with Gasteiger partial charge in [-0.3, -0.25) is 10.1 Å². The number of nitro groups is 1. The molecular weight excluding hydrogens is 329 g/mol. The Morgan fingerprint density at radius 1 is 1.30 bits per heavy atom. The third-order valence-corrected chi connectivity index (χ3v) is 3.25. The second kappa shape index (κ2) is 6.00. The highest BCUT2D eigenvalue weighted by molar-refractivity contribution is 9.10. The maximum atomic E-state index is 13.3. The maximum absolute atomic E-state index is 13.3. The number of rotatable bonds is 4. The second-order valence-electron chi connectivity index (χ2n) is 4.30. The Kier molecular flexibility index (Phi) is 4.34. The van der Waals surface area contributed by atoms with Gasteiger partial charge in [-0.1, -0.05) is 6.07 Å². The molecule has 0 aliphatic heterocycles. The van der Waals surface area contributed by atoms with Gasteiger partial charge in [0, 0.05) is 6.07 Å². The SMILES string of the molecule is Cc1ccc(OCc2cc(F)cc([N+](=O)[O-])c2)c(Br)c1. The van der Waals surface area contributed by atoms with Crippen LogP contribution in [0.4, 0.5) is 10.1 Å². The Balaban J connectivity index is 2.16. The molecule has 2 rings (SSSR count). The Bertz CT molecular complexity index is 661. The van der Waals surface area contributed by atoms with Gasteiger partial charge in [0.25, 0.3) is 5.69 Å². The molecule has 0 unspecified atom stereocenters. The highest BCUT2D eigenvalue weighted by Gasteiger charge is 2.10. The molecule has 0 heterocycles. The minimum Gasteiger partial charge on any atom is -0.488 e. The number of aryl methyl sites for hydroxylation is 1. The third kappa shape index (κ3) is 3.54. The molecule has 0 bridgehead atoms. The fourth-order valence-corrected chi connectivity index (χ4v) is 2.31. The molecule has 0 atom stereocenters. The van der Waals surface area contributed by atoms with Gasteiger partial charge in [0.15, 0.2) is 0 Å². The van der Waals surface area contributed by atoms with Crippen molar-refractivity contribution >= 4 is 21.6 Å². The lowest BCUT2D eigenvalue weighted by atomic mass is 10.2. The summed E-state index contributed by atoms with van der Waals surface area (Å²) in [5, 5.41) is 10.7. The Hall–Kier alpha value is -1.95. The van der Waals surface area contributed by atoms with Crippen LogP contribution in [0.2, 0.25) is 0 Å². The fourth-order valence-electron chi connectivity index (χ4n) is 1.71. The molecule has 0 saturated carbocycles. The van der Waals surface area contributed by atoms with E-state index < -0.39 is 10.7 Å². The van der Waals surface area contributed by atoms with E-state index in [0.29, 0.717) is 11.3 Å². The Labute approximate surface area is 123 Å². The fraction of sp³-hybridized carbons (Fsp3) is 0.143. The summed E-state index contributed by atoms with van der Waals surface area (Å²) in [4.78, 5) is 10.0. The van der Waals surface area contributed by atoms with Crippen LogP contribution in [0.25, 0.3) is 0 Å². The van der Waals surface area contributed by atoms with Crippen LogP contribution in [0.1, 0.15) is 11.1 Å². The molecule has 6 heteroatoms. The lowest BCUT2D eigenvalue weighted by Crippen LogP contribution is -1.99. The zero-order chi connectivity index (χ0) is 14.7. The number of benzene rings is 2. The van der Waals surface area contributed by atoms with Gasteiger partial charge in [0.05, 0.1) is 15.5 Å². The highest BCUT2D eigenvalue weighted by Crippen LogP contribution is 2.27. The van der Waals surface area contributed by atoms with Gasteiger partial charge in [-0.15, -0.1) is 0 Å². The van der Waals surface area contributed by atoms with Crippen molar-refractivity contribution in [2.24, 2.45) is 0 Å². The molecule has 104 valence electrons. The molecule has 0 amide bonds. The van der Waals surface area contributed by atoms with Gasteiger partial charge in [-0.2, -0.15) is 0 Å². The van der Waals surface area contributed by atoms with E-state index in [0.717, 1.165) is 16.1 Å². The van der Waals surface area contributed by atoms with Gasteiger partial charge in [-0.05, 0) is 52.2 Å². The molecule has 20 heavy (non-hydrogen) atoms. The van der Waals surface area contributed by atoms with Gasteiger partial charge >= 0.3 is 0 Å². The van der Waals surface area contributed by atoms with E-state index in [1.165, 1.54) is 12.1 Å². The number of non-ortho nitro benzene ring substituents is 1. The molecule has 2 aromatic rings. The molecule has 0 spiro atoms. The predicted molar refractivity (Wildman–Crippen MR) is 76.3 cm³/mol. The molecule has 0 radical (unpaired) electrons. The summed E-state index contributed by atoms with van der Waals surface area (Å²) < 4.78 is 19.6. The van der Waals surface area contributed by atoms with Gasteiger partial charge < -0.3 is 4.74 Å². The van der Waals surface area contributed by atoms with Crippen molar-refractivity contribution in [2.45, 2.75) is 13.5 Å². The summed E-state index contributed by atoms with van der Waals surface area (Å²) in [5.41, 5.74) is 1.20. The zero-order valence-corrected chi connectivity index (χ0v) is 12.2. The van der Waals surface area contributed by atoms with Crippen LogP contribution < -0.4 is 4.74 Å². The third-order valence-electron chi connectivity index (χ3n) is 2.63. The van der Waals surface area contributed by atoms with Crippen molar-refractivity contribution in [3.63, 3.8) is 0 Å². The number of hydrogen-bond acceptors (Lipinski definition) is 3. The lowest BCUT2D eigenvalue weighted by Gasteiger charge is -2.09. The molecule has 0 aliphatic rings. The van der Waals surface area contributed by atoms with Crippen molar-refractivity contribution in [3.8, 4) is 5.75 Å². The van der Waals surface area contributed by atoms with Crippen LogP contribution in [-0.2, 0) is 6.61 Å². The smallest absolute Gasteiger partial charge is 0.272 e. The topological polar surface area (TPSA) is 52.4 Å². The number of ether oxygens (including phenoxy) is 1. The first-order valence-electron chi connectivity index (χ1n) is 5.78. The van der Waals surface area contributed by atoms with E-state index in [4.69, 9.17) is 4.74 Å². The number of nitrogens with zero attached hydrogens (tertiary/aromatic N) is 1. The van der Waals surface area contributed by atoms with Crippen LogP contribution in [0.3, 0.4) is 0 Å². The van der Waals surface area contributed by atoms with Crippen LogP contribution >= 0.6 is 15.9 Å². The summed E-state index contributed by atoms with van der Waals surface area (Å²) in [5.74, 6) is -0.0525. The summed E-state index contributed by atoms with van der Waals surface area (Å²) >= 11 is 3.37. The van der Waals surface area contributed by atoms with Crippen LogP contribution in [-0.4, -0.2) is 4.92 Å². The first-order chi connectivity index (χ1) is 9.45. The molecule has 2 aromatic carbocycles. The zero-order valence-electron chi connectivity index (χ0n) is 10.6. The summed E-state index contributed by atoms with van der Waals surface area (Å²) in [7, 11) is 0. The molecule has 0 saturated heterocycles. The van der Waals surface area contributed by atoms with Crippen molar-refractivity contribution in [1.29, 1.82) is 0 Å². The number of hydrogen-bond donors (Lipinski definition) is 0. The van der Waals surface area contributed by atoms with E-state index in [9.17, 15) is 14.5 Å². The van der Waals surface area contributed by atoms with E-state index in [-0.39, 0.29) is 12.3 Å². The van der Waals surface area contributed by atoms with E-state index in [2.05, 4.69) is 15.9 Å². The first-order valence-corrected chi connectivity index (χ1v) is 6.58. The predicted octanol–water partition coefficient (Wildman–Crippen LogP) is 4.38. The molecule has 0 aliphatic carbocycles. The molecule has 0 fully saturated rings. The maximum Gasteiger partial charge on any atom is 0.272 e. The van der Waals surface area contributed by atoms with Crippen molar-refractivity contribution in [2.75, 3.05) is 0 Å². The normalized spacial score (nSPS) is 10.3. The second-order valence-corrected chi connectivity index (χ2v) is 5.15. The Morgan fingerprint density at radius 3 is 2.70 bits per heavy atom. The average Bonchev–Trinajstić information content (AvgIpc) is 2.37. The minimum atomic E-state index is -0.652. The minimum absolute atomic E-state index is 0.0558. The van der Waals surface area contributed by atoms with Crippen LogP contribution in [0, 0.1) is 22.9 Å². The Morgan fingerprint density at radius 2 is 2.05 bits per heavy atom. The number of nitro benzene ring substituents is 1. The largest absolute Gasteiger partial charge is 0.488 e. The summed E-state index contributed by atoms with van der Waals surface area (Å²) in [6, 6.07) is 8.95. The standard InChI is InChI=1S/C14H11BrFNO3/c1-9-2-3-14(13(15)4-9)20-8-10-5-11(16)7-12(6-10)17(18)19/h2-7H,8H2,1H3. The average molecular weight is 340 g/mol. The molecular formula is C14H11BrFNO3. The summed E-state index contributed by atoms with van der Waals surface area (Å²) in [6.07, 6.45) is 0. The molecule has 0 N–H and O–H groups in total. The van der Waals surface area contributed by atoms with E-state index in [1.54, 1.807) is 6.07 Å². The lowest BCUT2D eigenvalue weighted by molar-refractivity contribution is -0.385. The number of halogens is 2. The van der Waals surface area contributed by atoms with E-state index in [1.807, 2.05) is 19.1 Å². The van der Waals surface area contributed by atoms with Crippen molar-refractivity contribution < 1.29 is 14.1 Å². The van der Waals surface area contributed by atoms with Gasteiger partial charge in [0.1, 0.15) is 18.2 Å². The van der Waals surface area contributed by atoms with Gasteiger partial charge in [-0.25, -0.2) is 4.39 Å². The van der Waals surface area contributed by atoms with Crippen molar-refractivity contribution in [3.05, 3.63) is 67.9 Å². The van der Waals surface area contributed by atoms with E-state index >= 15 is 0 Å². The van der Waals surface area contributed by atoms with Crippen LogP contribution in [0.15, 0.2) is 40.9 Å². The first kappa shape index (κ1) is 14.5. The van der Waals surface area contributed by atoms with Crippen molar-refractivity contribution in [1.82, 2.24) is 0 Å². The quantitative estimate of drug-likeness (QED) is 0.613. The van der Waals surface area contributed by atoms with Crippen LogP contribution in [0.5, 0.6) is 5.75 Å². The van der Waals surface area contributed by atoms with Gasteiger partial charge in [0.2, 0.25) is 0 Å². The highest BCUT2D eigenvalue weighted by atomic mass is 79.9. The molecule has 4 nitrogen and oxygen atoms in total.